The first-order chi connectivity index (χ1) is 17.4. The molecule has 36 heavy (non-hydrogen) atoms. The Morgan fingerprint density at radius 1 is 0.778 bits per heavy atom. The molecule has 2 N–H and O–H groups in total. The van der Waals surface area contributed by atoms with Crippen molar-refractivity contribution in [1.82, 2.24) is 10.4 Å². The van der Waals surface area contributed by atoms with E-state index in [-0.39, 0.29) is 24.2 Å². The number of hydrogen-bond donors (Lipinski definition) is 2. The smallest absolute Gasteiger partial charge is 0.340 e. The van der Waals surface area contributed by atoms with Gasteiger partial charge in [0.25, 0.3) is 0 Å². The number of ether oxygens (including phenoxy) is 1. The third-order valence-electron chi connectivity index (χ3n) is 5.59. The summed E-state index contributed by atoms with van der Waals surface area (Å²) >= 11 is 3.39. The van der Waals surface area contributed by atoms with Gasteiger partial charge in [0.2, 0.25) is 0 Å². The van der Waals surface area contributed by atoms with E-state index in [0.29, 0.717) is 28.4 Å². The number of anilines is 1. The van der Waals surface area contributed by atoms with Gasteiger partial charge in [0.1, 0.15) is 23.1 Å². The van der Waals surface area contributed by atoms with Gasteiger partial charge in [-0.2, -0.15) is 0 Å². The maximum Gasteiger partial charge on any atom is 0.340 e. The van der Waals surface area contributed by atoms with Gasteiger partial charge in [-0.3, -0.25) is 5.43 Å². The molecule has 4 aromatic carbocycles. The lowest BCUT2D eigenvalue weighted by Gasteiger charge is -2.19. The van der Waals surface area contributed by atoms with E-state index in [1.165, 1.54) is 29.3 Å². The van der Waals surface area contributed by atoms with Crippen molar-refractivity contribution in [3.05, 3.63) is 124 Å². The molecule has 0 saturated carbocycles. The van der Waals surface area contributed by atoms with Crippen molar-refractivity contribution in [2.75, 3.05) is 11.9 Å². The molecule has 0 radical (unpaired) electrons. The number of rotatable bonds is 5. The van der Waals surface area contributed by atoms with Crippen molar-refractivity contribution >= 4 is 38.9 Å². The zero-order valence-corrected chi connectivity index (χ0v) is 20.4. The first kappa shape index (κ1) is 23.6. The Labute approximate surface area is 215 Å². The minimum Gasteiger partial charge on any atom is -0.457 e. The van der Waals surface area contributed by atoms with Crippen LogP contribution in [0.5, 0.6) is 11.5 Å². The van der Waals surface area contributed by atoms with Crippen LogP contribution < -0.4 is 15.5 Å². The second-order valence-electron chi connectivity index (χ2n) is 8.08. The number of amides is 2. The number of carbonyl (C=O) groups is 1. The Balaban J connectivity index is 1.30. The average Bonchev–Trinajstić information content (AvgIpc) is 3.33. The lowest BCUT2D eigenvalue weighted by molar-refractivity contribution is 0.210. The molecule has 0 atom stereocenters. The Morgan fingerprint density at radius 3 is 1.89 bits per heavy atom. The summed E-state index contributed by atoms with van der Waals surface area (Å²) in [4.78, 5) is 13.1. The Kier molecular flexibility index (Phi) is 6.69. The molecule has 8 heteroatoms. The predicted molar refractivity (Wildman–Crippen MR) is 139 cm³/mol. The van der Waals surface area contributed by atoms with Gasteiger partial charge < -0.3 is 10.1 Å². The molecule has 2 amide bonds. The molecule has 0 bridgehead atoms. The van der Waals surface area contributed by atoms with E-state index < -0.39 is 0 Å². The zero-order chi connectivity index (χ0) is 25.1. The molecule has 0 unspecified atom stereocenters. The molecule has 1 heterocycles. The number of halogens is 3. The maximum absolute atomic E-state index is 13.5. The summed E-state index contributed by atoms with van der Waals surface area (Å²) in [5.74, 6) is 0.621. The lowest BCUT2D eigenvalue weighted by Crippen LogP contribution is -2.40. The average molecular weight is 548 g/mol. The van der Waals surface area contributed by atoms with Gasteiger partial charge in [-0.05, 0) is 96.1 Å². The van der Waals surface area contributed by atoms with Crippen LogP contribution >= 0.6 is 15.9 Å². The van der Waals surface area contributed by atoms with Crippen LogP contribution in [0.4, 0.5) is 19.3 Å². The molecular formula is C28H20BrF2N3O2. The molecular weight excluding hydrogens is 528 g/mol. The lowest BCUT2D eigenvalue weighted by atomic mass is 10.0. The fraction of sp³-hybridized carbons (Fsp3) is 0.0357. The first-order valence-corrected chi connectivity index (χ1v) is 11.9. The number of hydrazine groups is 1. The van der Waals surface area contributed by atoms with Gasteiger partial charge in [0.15, 0.2) is 0 Å². The Bertz CT molecular complexity index is 1350. The quantitative estimate of drug-likeness (QED) is 0.273. The van der Waals surface area contributed by atoms with Crippen LogP contribution in [0.2, 0.25) is 0 Å². The highest BCUT2D eigenvalue weighted by Gasteiger charge is 2.27. The molecule has 5 rings (SSSR count). The summed E-state index contributed by atoms with van der Waals surface area (Å²) in [6.07, 6.45) is 0. The topological polar surface area (TPSA) is 53.6 Å². The van der Waals surface area contributed by atoms with Crippen molar-refractivity contribution < 1.29 is 18.3 Å². The van der Waals surface area contributed by atoms with E-state index >= 15 is 0 Å². The van der Waals surface area contributed by atoms with E-state index in [9.17, 15) is 13.6 Å². The fourth-order valence-corrected chi connectivity index (χ4v) is 4.04. The standard InChI is InChI=1S/C28H20BrF2N3O2/c29-20-5-13-24(14-6-20)36-25-15-11-23(12-16-25)32-28(35)34-17-26(18-1-7-21(30)8-2-18)27(33-34)19-3-9-22(31)10-4-19/h1-16,33H,17H2,(H,32,35). The highest BCUT2D eigenvalue weighted by Crippen LogP contribution is 2.31. The van der Waals surface area contributed by atoms with E-state index in [1.54, 1.807) is 48.5 Å². The molecule has 0 spiro atoms. The van der Waals surface area contributed by atoms with Crippen LogP contribution in [-0.2, 0) is 0 Å². The largest absolute Gasteiger partial charge is 0.457 e. The van der Waals surface area contributed by atoms with Gasteiger partial charge in [0.05, 0.1) is 12.2 Å². The Hall–Kier alpha value is -4.17. The third-order valence-corrected chi connectivity index (χ3v) is 6.12. The van der Waals surface area contributed by atoms with Crippen molar-refractivity contribution in [1.29, 1.82) is 0 Å². The SMILES string of the molecule is O=C(Nc1ccc(Oc2ccc(Br)cc2)cc1)N1CC(c2ccc(F)cc2)=C(c2ccc(F)cc2)N1. The molecule has 0 aliphatic carbocycles. The van der Waals surface area contributed by atoms with E-state index in [0.717, 1.165) is 15.6 Å². The summed E-state index contributed by atoms with van der Waals surface area (Å²) in [5.41, 5.74) is 6.60. The van der Waals surface area contributed by atoms with Gasteiger partial charge in [-0.25, -0.2) is 18.6 Å². The van der Waals surface area contributed by atoms with Crippen molar-refractivity contribution in [2.24, 2.45) is 0 Å². The van der Waals surface area contributed by atoms with Crippen molar-refractivity contribution in [3.8, 4) is 11.5 Å². The highest BCUT2D eigenvalue weighted by molar-refractivity contribution is 9.10. The highest BCUT2D eigenvalue weighted by atomic mass is 79.9. The summed E-state index contributed by atoms with van der Waals surface area (Å²) in [6.45, 7) is 0.231. The van der Waals surface area contributed by atoms with Crippen LogP contribution in [0.3, 0.4) is 0 Å². The molecule has 0 fully saturated rings. The van der Waals surface area contributed by atoms with Crippen LogP contribution in [0.1, 0.15) is 11.1 Å². The predicted octanol–water partition coefficient (Wildman–Crippen LogP) is 7.44. The number of urea groups is 1. The molecule has 1 aliphatic rings. The normalized spacial score (nSPS) is 12.9. The minimum atomic E-state index is -0.381. The molecule has 4 aromatic rings. The summed E-state index contributed by atoms with van der Waals surface area (Å²) in [7, 11) is 0. The Morgan fingerprint density at radius 2 is 1.31 bits per heavy atom. The van der Waals surface area contributed by atoms with E-state index in [1.807, 2.05) is 24.3 Å². The maximum atomic E-state index is 13.5. The number of nitrogens with one attached hydrogen (secondary N) is 2. The van der Waals surface area contributed by atoms with E-state index in [2.05, 4.69) is 26.7 Å². The molecule has 180 valence electrons. The number of carbonyl (C=O) groups excluding carboxylic acids is 1. The molecule has 5 nitrogen and oxygen atoms in total. The monoisotopic (exact) mass is 547 g/mol. The second kappa shape index (κ2) is 10.2. The van der Waals surface area contributed by atoms with Crippen LogP contribution in [0.25, 0.3) is 11.3 Å². The third kappa shape index (κ3) is 5.39. The van der Waals surface area contributed by atoms with Crippen LogP contribution in [-0.4, -0.2) is 17.6 Å². The van der Waals surface area contributed by atoms with Crippen LogP contribution in [0.15, 0.2) is 102 Å². The van der Waals surface area contributed by atoms with Gasteiger partial charge in [-0.1, -0.05) is 28.1 Å². The van der Waals surface area contributed by atoms with E-state index in [4.69, 9.17) is 4.74 Å². The number of nitrogens with zero attached hydrogens (tertiary/aromatic N) is 1. The second-order valence-corrected chi connectivity index (χ2v) is 8.99. The summed E-state index contributed by atoms with van der Waals surface area (Å²) in [6, 6.07) is 26.1. The molecule has 1 aliphatic heterocycles. The number of benzene rings is 4. The first-order valence-electron chi connectivity index (χ1n) is 11.1. The molecule has 0 aromatic heterocycles. The van der Waals surface area contributed by atoms with Crippen molar-refractivity contribution in [2.45, 2.75) is 0 Å². The zero-order valence-electron chi connectivity index (χ0n) is 18.8. The molecule has 0 saturated heterocycles. The van der Waals surface area contributed by atoms with Gasteiger partial charge >= 0.3 is 6.03 Å². The van der Waals surface area contributed by atoms with Gasteiger partial charge in [0, 0.05) is 15.7 Å². The minimum absolute atomic E-state index is 0.231. The van der Waals surface area contributed by atoms with Gasteiger partial charge in [-0.15, -0.1) is 0 Å². The summed E-state index contributed by atoms with van der Waals surface area (Å²) in [5, 5.41) is 4.28. The summed E-state index contributed by atoms with van der Waals surface area (Å²) < 4.78 is 33.8. The number of hydrogen-bond acceptors (Lipinski definition) is 3. The fourth-order valence-electron chi connectivity index (χ4n) is 3.78. The van der Waals surface area contributed by atoms with Crippen LogP contribution in [0, 0.1) is 11.6 Å². The van der Waals surface area contributed by atoms with Crippen molar-refractivity contribution in [3.63, 3.8) is 0 Å².